The summed E-state index contributed by atoms with van der Waals surface area (Å²) in [4.78, 5) is 2.86. The van der Waals surface area contributed by atoms with Crippen LogP contribution in [0.2, 0.25) is 0 Å². The molecule has 19 heavy (non-hydrogen) atoms. The first-order chi connectivity index (χ1) is 9.21. The van der Waals surface area contributed by atoms with E-state index in [4.69, 9.17) is 0 Å². The zero-order valence-electron chi connectivity index (χ0n) is 13.4. The first-order valence-corrected chi connectivity index (χ1v) is 8.71. The first kappa shape index (κ1) is 15.3. The predicted octanol–water partition coefficient (Wildman–Crippen LogP) is 3.95. The van der Waals surface area contributed by atoms with Crippen molar-refractivity contribution >= 4 is 0 Å². The molecule has 2 aliphatic rings. The van der Waals surface area contributed by atoms with Crippen molar-refractivity contribution < 1.29 is 0 Å². The topological polar surface area (TPSA) is 15.3 Å². The van der Waals surface area contributed by atoms with E-state index in [0.717, 1.165) is 12.1 Å². The van der Waals surface area contributed by atoms with Gasteiger partial charge in [0.1, 0.15) is 0 Å². The van der Waals surface area contributed by atoms with E-state index in [-0.39, 0.29) is 0 Å². The van der Waals surface area contributed by atoms with E-state index >= 15 is 0 Å². The monoisotopic (exact) mass is 266 g/mol. The molecule has 0 aromatic rings. The number of nitrogens with zero attached hydrogens (tertiary/aromatic N) is 1. The maximum Gasteiger partial charge on any atom is 0.0309 e. The van der Waals surface area contributed by atoms with Gasteiger partial charge in [0.25, 0.3) is 0 Å². The van der Waals surface area contributed by atoms with E-state index in [2.05, 4.69) is 31.0 Å². The largest absolute Gasteiger partial charge is 0.308 e. The van der Waals surface area contributed by atoms with Crippen LogP contribution in [0.4, 0.5) is 0 Å². The van der Waals surface area contributed by atoms with Crippen LogP contribution < -0.4 is 5.32 Å². The molecule has 1 spiro atoms. The number of nitrogens with one attached hydrogen (secondary N) is 1. The molecule has 2 atom stereocenters. The average molecular weight is 266 g/mol. The summed E-state index contributed by atoms with van der Waals surface area (Å²) in [5.74, 6) is 0. The molecule has 0 aromatic heterocycles. The van der Waals surface area contributed by atoms with E-state index in [9.17, 15) is 0 Å². The van der Waals surface area contributed by atoms with Crippen molar-refractivity contribution in [2.24, 2.45) is 0 Å². The van der Waals surface area contributed by atoms with Crippen LogP contribution in [0.3, 0.4) is 0 Å². The van der Waals surface area contributed by atoms with Crippen LogP contribution in [0.1, 0.15) is 78.6 Å². The average Bonchev–Trinajstić information content (AvgIpc) is 2.42. The maximum atomic E-state index is 3.95. The fraction of sp³-hybridized carbons (Fsp3) is 1.00. The van der Waals surface area contributed by atoms with Crippen molar-refractivity contribution in [3.05, 3.63) is 0 Å². The van der Waals surface area contributed by atoms with Crippen molar-refractivity contribution in [3.63, 3.8) is 0 Å². The third-order valence-electron chi connectivity index (χ3n) is 5.37. The van der Waals surface area contributed by atoms with Crippen LogP contribution in [-0.4, -0.2) is 35.6 Å². The molecule has 0 aromatic carbocycles. The van der Waals surface area contributed by atoms with Crippen LogP contribution in [-0.2, 0) is 0 Å². The molecule has 1 heterocycles. The third kappa shape index (κ3) is 3.72. The molecule has 0 radical (unpaired) electrons. The first-order valence-electron chi connectivity index (χ1n) is 8.71. The Hall–Kier alpha value is -0.0800. The lowest BCUT2D eigenvalue weighted by Gasteiger charge is -2.52. The standard InChI is InChI=1S/C17H34N2/c1-4-9-15(3)19-14-17(11-7-6-8-12-17)18-13-16(19)10-5-2/h15-16,18H,4-14H2,1-3H3. The highest BCUT2D eigenvalue weighted by Gasteiger charge is 2.40. The summed E-state index contributed by atoms with van der Waals surface area (Å²) in [6, 6.07) is 1.54. The smallest absolute Gasteiger partial charge is 0.0309 e. The molecule has 1 saturated heterocycles. The number of hydrogen-bond donors (Lipinski definition) is 1. The van der Waals surface area contributed by atoms with Gasteiger partial charge in [-0.2, -0.15) is 0 Å². The van der Waals surface area contributed by atoms with Gasteiger partial charge in [0, 0.05) is 30.7 Å². The minimum absolute atomic E-state index is 0.463. The van der Waals surface area contributed by atoms with Crippen LogP contribution >= 0.6 is 0 Å². The SMILES string of the molecule is CCCC(C)N1CC2(CCCCC2)NCC1CCC. The number of rotatable bonds is 5. The molecule has 2 heteroatoms. The van der Waals surface area contributed by atoms with Crippen LogP contribution in [0.25, 0.3) is 0 Å². The minimum Gasteiger partial charge on any atom is -0.308 e. The Bertz CT molecular complexity index is 258. The van der Waals surface area contributed by atoms with Crippen molar-refractivity contribution in [3.8, 4) is 0 Å². The van der Waals surface area contributed by atoms with Crippen LogP contribution in [0.15, 0.2) is 0 Å². The van der Waals surface area contributed by atoms with Gasteiger partial charge in [0.05, 0.1) is 0 Å². The quantitative estimate of drug-likeness (QED) is 0.810. The zero-order chi connectivity index (χ0) is 13.7. The molecule has 2 unspecified atom stereocenters. The van der Waals surface area contributed by atoms with E-state index in [0.29, 0.717) is 5.54 Å². The Morgan fingerprint density at radius 2 is 1.89 bits per heavy atom. The van der Waals surface area contributed by atoms with Gasteiger partial charge in [-0.25, -0.2) is 0 Å². The molecule has 1 aliphatic carbocycles. The molecule has 2 nitrogen and oxygen atoms in total. The second-order valence-electron chi connectivity index (χ2n) is 6.97. The lowest BCUT2D eigenvalue weighted by molar-refractivity contribution is 0.0228. The fourth-order valence-electron chi connectivity index (χ4n) is 4.25. The van der Waals surface area contributed by atoms with Gasteiger partial charge in [-0.15, -0.1) is 0 Å². The molecule has 112 valence electrons. The van der Waals surface area contributed by atoms with E-state index in [1.807, 2.05) is 0 Å². The Labute approximate surface area is 120 Å². The number of piperazine rings is 1. The summed E-state index contributed by atoms with van der Waals surface area (Å²) in [7, 11) is 0. The molecule has 0 bridgehead atoms. The Morgan fingerprint density at radius 1 is 1.16 bits per heavy atom. The summed E-state index contributed by atoms with van der Waals surface area (Å²) >= 11 is 0. The van der Waals surface area contributed by atoms with Gasteiger partial charge >= 0.3 is 0 Å². The summed E-state index contributed by atoms with van der Waals surface area (Å²) in [6.45, 7) is 9.63. The second kappa shape index (κ2) is 7.08. The minimum atomic E-state index is 0.463. The van der Waals surface area contributed by atoms with Crippen LogP contribution in [0.5, 0.6) is 0 Å². The highest BCUT2D eigenvalue weighted by molar-refractivity contribution is 5.00. The zero-order valence-corrected chi connectivity index (χ0v) is 13.4. The van der Waals surface area contributed by atoms with Crippen molar-refractivity contribution in [2.75, 3.05) is 13.1 Å². The molecule has 2 fully saturated rings. The van der Waals surface area contributed by atoms with E-state index in [1.165, 1.54) is 70.9 Å². The summed E-state index contributed by atoms with van der Waals surface area (Å²) in [6.07, 6.45) is 12.5. The van der Waals surface area contributed by atoms with Crippen molar-refractivity contribution in [2.45, 2.75) is 96.2 Å². The lowest BCUT2D eigenvalue weighted by Crippen LogP contribution is -2.66. The summed E-state index contributed by atoms with van der Waals surface area (Å²) < 4.78 is 0. The molecule has 1 N–H and O–H groups in total. The summed E-state index contributed by atoms with van der Waals surface area (Å²) in [5.41, 5.74) is 0.463. The maximum absolute atomic E-state index is 3.95. The molecular formula is C17H34N2. The number of hydrogen-bond acceptors (Lipinski definition) is 2. The third-order valence-corrected chi connectivity index (χ3v) is 5.37. The Balaban J connectivity index is 2.03. The van der Waals surface area contributed by atoms with Gasteiger partial charge in [0.2, 0.25) is 0 Å². The highest BCUT2D eigenvalue weighted by atomic mass is 15.3. The Kier molecular flexibility index (Phi) is 5.70. The van der Waals surface area contributed by atoms with Crippen molar-refractivity contribution in [1.29, 1.82) is 0 Å². The van der Waals surface area contributed by atoms with E-state index < -0.39 is 0 Å². The molecule has 1 aliphatic heterocycles. The van der Waals surface area contributed by atoms with Gasteiger partial charge in [0.15, 0.2) is 0 Å². The lowest BCUT2D eigenvalue weighted by atomic mass is 9.78. The predicted molar refractivity (Wildman–Crippen MR) is 83.6 cm³/mol. The van der Waals surface area contributed by atoms with Crippen LogP contribution in [0, 0.1) is 0 Å². The van der Waals surface area contributed by atoms with E-state index in [1.54, 1.807) is 0 Å². The molecule has 2 rings (SSSR count). The molecular weight excluding hydrogens is 232 g/mol. The summed E-state index contributed by atoms with van der Waals surface area (Å²) in [5, 5.41) is 3.95. The van der Waals surface area contributed by atoms with Gasteiger partial charge in [-0.1, -0.05) is 46.0 Å². The van der Waals surface area contributed by atoms with Gasteiger partial charge in [-0.3, -0.25) is 4.90 Å². The fourth-order valence-corrected chi connectivity index (χ4v) is 4.25. The molecule has 0 amide bonds. The van der Waals surface area contributed by atoms with Gasteiger partial charge in [-0.05, 0) is 32.6 Å². The second-order valence-corrected chi connectivity index (χ2v) is 6.97. The highest BCUT2D eigenvalue weighted by Crippen LogP contribution is 2.33. The normalized spacial score (nSPS) is 29.5. The van der Waals surface area contributed by atoms with Crippen molar-refractivity contribution in [1.82, 2.24) is 10.2 Å². The molecule has 1 saturated carbocycles. The Morgan fingerprint density at radius 3 is 2.53 bits per heavy atom. The van der Waals surface area contributed by atoms with Gasteiger partial charge < -0.3 is 5.32 Å².